The van der Waals surface area contributed by atoms with Gasteiger partial charge in [0.25, 0.3) is 0 Å². The Balaban J connectivity index is 1.83. The maximum Gasteiger partial charge on any atom is 0.117 e. The second-order valence-corrected chi connectivity index (χ2v) is 5.90. The molecule has 2 rings (SSSR count). The van der Waals surface area contributed by atoms with Crippen LogP contribution >= 0.6 is 0 Å². The lowest BCUT2D eigenvalue weighted by Crippen LogP contribution is -2.18. The summed E-state index contributed by atoms with van der Waals surface area (Å²) in [7, 11) is 0. The van der Waals surface area contributed by atoms with Crippen molar-refractivity contribution < 1.29 is 9.15 Å². The largest absolute Gasteiger partial charge is 0.468 e. The van der Waals surface area contributed by atoms with Gasteiger partial charge in [0.1, 0.15) is 5.76 Å². The zero-order chi connectivity index (χ0) is 14.4. The monoisotopic (exact) mass is 273 g/mol. The van der Waals surface area contributed by atoms with Gasteiger partial charge in [0, 0.05) is 6.54 Å². The minimum atomic E-state index is -0.104. The Bertz CT molecular complexity index is 512. The van der Waals surface area contributed by atoms with E-state index in [-0.39, 0.29) is 5.60 Å². The molecule has 1 heterocycles. The van der Waals surface area contributed by atoms with Gasteiger partial charge in [-0.15, -0.1) is 0 Å². The van der Waals surface area contributed by atoms with E-state index in [1.807, 2.05) is 12.1 Å². The summed E-state index contributed by atoms with van der Waals surface area (Å²) >= 11 is 0. The van der Waals surface area contributed by atoms with Crippen LogP contribution in [0.15, 0.2) is 47.1 Å². The van der Waals surface area contributed by atoms with Gasteiger partial charge in [0.05, 0.1) is 25.0 Å². The average molecular weight is 273 g/mol. The van der Waals surface area contributed by atoms with E-state index < -0.39 is 0 Å². The molecular formula is C17H23NO2. The molecule has 0 saturated heterocycles. The summed E-state index contributed by atoms with van der Waals surface area (Å²) in [5.41, 5.74) is 2.36. The average Bonchev–Trinajstić information content (AvgIpc) is 2.89. The van der Waals surface area contributed by atoms with Gasteiger partial charge in [0.2, 0.25) is 0 Å². The third kappa shape index (κ3) is 5.19. The van der Waals surface area contributed by atoms with E-state index in [1.54, 1.807) is 6.26 Å². The van der Waals surface area contributed by atoms with Gasteiger partial charge >= 0.3 is 0 Å². The molecule has 0 aliphatic rings. The van der Waals surface area contributed by atoms with Crippen molar-refractivity contribution in [1.29, 1.82) is 0 Å². The van der Waals surface area contributed by atoms with Crippen LogP contribution in [0.4, 0.5) is 0 Å². The molecule has 0 atom stereocenters. The van der Waals surface area contributed by atoms with Gasteiger partial charge in [-0.05, 0) is 44.0 Å². The van der Waals surface area contributed by atoms with Crippen LogP contribution in [0.25, 0.3) is 0 Å². The molecule has 2 aromatic rings. The van der Waals surface area contributed by atoms with Crippen LogP contribution in [-0.4, -0.2) is 5.60 Å². The SMILES string of the molecule is CC(C)(C)OCc1cccc(CNCc2ccco2)c1. The van der Waals surface area contributed by atoms with E-state index in [1.165, 1.54) is 11.1 Å². The molecule has 0 unspecified atom stereocenters. The highest BCUT2D eigenvalue weighted by atomic mass is 16.5. The Labute approximate surface area is 121 Å². The molecule has 0 saturated carbocycles. The number of hydrogen-bond donors (Lipinski definition) is 1. The van der Waals surface area contributed by atoms with E-state index in [2.05, 4.69) is 50.4 Å². The van der Waals surface area contributed by atoms with Crippen molar-refractivity contribution in [3.05, 3.63) is 59.5 Å². The third-order valence-electron chi connectivity index (χ3n) is 2.87. The van der Waals surface area contributed by atoms with E-state index in [9.17, 15) is 0 Å². The molecule has 1 aromatic carbocycles. The van der Waals surface area contributed by atoms with E-state index in [0.29, 0.717) is 6.61 Å². The van der Waals surface area contributed by atoms with E-state index in [4.69, 9.17) is 9.15 Å². The zero-order valence-corrected chi connectivity index (χ0v) is 12.5. The smallest absolute Gasteiger partial charge is 0.117 e. The van der Waals surface area contributed by atoms with Crippen LogP contribution < -0.4 is 5.32 Å². The van der Waals surface area contributed by atoms with Crippen LogP contribution in [0, 0.1) is 0 Å². The van der Waals surface area contributed by atoms with Crippen LogP contribution in [0.2, 0.25) is 0 Å². The summed E-state index contributed by atoms with van der Waals surface area (Å²) in [5.74, 6) is 0.956. The van der Waals surface area contributed by atoms with Crippen LogP contribution in [0.1, 0.15) is 37.7 Å². The summed E-state index contributed by atoms with van der Waals surface area (Å²) in [6.07, 6.45) is 1.70. The maximum absolute atomic E-state index is 5.80. The Morgan fingerprint density at radius 1 is 1.05 bits per heavy atom. The lowest BCUT2D eigenvalue weighted by atomic mass is 10.1. The summed E-state index contributed by atoms with van der Waals surface area (Å²) in [6, 6.07) is 12.4. The minimum Gasteiger partial charge on any atom is -0.468 e. The lowest BCUT2D eigenvalue weighted by Gasteiger charge is -2.19. The van der Waals surface area contributed by atoms with Gasteiger partial charge in [0.15, 0.2) is 0 Å². The Kier molecular flexibility index (Phi) is 4.99. The minimum absolute atomic E-state index is 0.104. The number of rotatable bonds is 6. The summed E-state index contributed by atoms with van der Waals surface area (Å²) < 4.78 is 11.1. The van der Waals surface area contributed by atoms with Crippen molar-refractivity contribution >= 4 is 0 Å². The molecule has 20 heavy (non-hydrogen) atoms. The molecule has 0 amide bonds. The molecule has 3 heteroatoms. The molecule has 0 aliphatic heterocycles. The number of hydrogen-bond acceptors (Lipinski definition) is 3. The fourth-order valence-corrected chi connectivity index (χ4v) is 1.87. The van der Waals surface area contributed by atoms with Crippen LogP contribution in [-0.2, 0) is 24.4 Å². The first-order valence-electron chi connectivity index (χ1n) is 6.98. The number of benzene rings is 1. The number of ether oxygens (including phenoxy) is 1. The molecular weight excluding hydrogens is 250 g/mol. The van der Waals surface area contributed by atoms with E-state index >= 15 is 0 Å². The van der Waals surface area contributed by atoms with Crippen LogP contribution in [0.3, 0.4) is 0 Å². The van der Waals surface area contributed by atoms with Gasteiger partial charge in [-0.2, -0.15) is 0 Å². The predicted molar refractivity (Wildman–Crippen MR) is 80.2 cm³/mol. The molecule has 0 bridgehead atoms. The molecule has 1 N–H and O–H groups in total. The number of furan rings is 1. The van der Waals surface area contributed by atoms with E-state index in [0.717, 1.165) is 18.8 Å². The zero-order valence-electron chi connectivity index (χ0n) is 12.5. The van der Waals surface area contributed by atoms with Gasteiger partial charge in [-0.25, -0.2) is 0 Å². The Morgan fingerprint density at radius 2 is 1.85 bits per heavy atom. The first-order chi connectivity index (χ1) is 9.53. The van der Waals surface area contributed by atoms with Gasteiger partial charge in [-0.3, -0.25) is 0 Å². The Morgan fingerprint density at radius 3 is 2.55 bits per heavy atom. The molecule has 0 radical (unpaired) electrons. The fraction of sp³-hybridized carbons (Fsp3) is 0.412. The van der Waals surface area contributed by atoms with Crippen molar-refractivity contribution in [2.75, 3.05) is 0 Å². The summed E-state index contributed by atoms with van der Waals surface area (Å²) in [4.78, 5) is 0. The summed E-state index contributed by atoms with van der Waals surface area (Å²) in [6.45, 7) is 8.43. The molecule has 0 aliphatic carbocycles. The molecule has 0 spiro atoms. The van der Waals surface area contributed by atoms with Crippen molar-refractivity contribution in [2.24, 2.45) is 0 Å². The van der Waals surface area contributed by atoms with Gasteiger partial charge in [-0.1, -0.05) is 24.3 Å². The van der Waals surface area contributed by atoms with Crippen molar-refractivity contribution in [3.63, 3.8) is 0 Å². The quantitative estimate of drug-likeness (QED) is 0.867. The standard InChI is InChI=1S/C17H23NO2/c1-17(2,3)20-13-15-7-4-6-14(10-15)11-18-12-16-8-5-9-19-16/h4-10,18H,11-13H2,1-3H3. The van der Waals surface area contributed by atoms with Gasteiger partial charge < -0.3 is 14.5 Å². The molecule has 1 aromatic heterocycles. The second kappa shape index (κ2) is 6.73. The van der Waals surface area contributed by atoms with Crippen molar-refractivity contribution in [2.45, 2.75) is 46.1 Å². The second-order valence-electron chi connectivity index (χ2n) is 5.90. The van der Waals surface area contributed by atoms with Crippen molar-refractivity contribution in [3.8, 4) is 0 Å². The maximum atomic E-state index is 5.80. The summed E-state index contributed by atoms with van der Waals surface area (Å²) in [5, 5.41) is 3.37. The highest BCUT2D eigenvalue weighted by molar-refractivity contribution is 5.23. The first-order valence-corrected chi connectivity index (χ1v) is 6.98. The fourth-order valence-electron chi connectivity index (χ4n) is 1.87. The highest BCUT2D eigenvalue weighted by Gasteiger charge is 2.10. The van der Waals surface area contributed by atoms with Crippen molar-refractivity contribution in [1.82, 2.24) is 5.32 Å². The normalized spacial score (nSPS) is 11.8. The third-order valence-corrected chi connectivity index (χ3v) is 2.87. The topological polar surface area (TPSA) is 34.4 Å². The van der Waals surface area contributed by atoms with Crippen LogP contribution in [0.5, 0.6) is 0 Å². The Hall–Kier alpha value is -1.58. The molecule has 108 valence electrons. The first kappa shape index (κ1) is 14.8. The molecule has 3 nitrogen and oxygen atoms in total. The highest BCUT2D eigenvalue weighted by Crippen LogP contribution is 2.13. The molecule has 0 fully saturated rings. The lowest BCUT2D eigenvalue weighted by molar-refractivity contribution is -0.0149. The predicted octanol–water partition coefficient (Wildman–Crippen LogP) is 3.88. The number of nitrogens with one attached hydrogen (secondary N) is 1.